The normalized spacial score (nSPS) is 12.2. The number of aliphatic hydroxyl groups is 2. The second-order valence-electron chi connectivity index (χ2n) is 16.2. The van der Waals surface area contributed by atoms with E-state index in [1.807, 2.05) is 48.5 Å². The summed E-state index contributed by atoms with van der Waals surface area (Å²) in [5, 5.41) is 33.2. The first-order valence-electron chi connectivity index (χ1n) is 23.2. The van der Waals surface area contributed by atoms with Crippen molar-refractivity contribution in [2.24, 2.45) is 10.7 Å². The summed E-state index contributed by atoms with van der Waals surface area (Å²) in [5.41, 5.74) is 30.5. The minimum Gasteiger partial charge on any atom is -0.491 e. The number of anilines is 4. The number of nitrogens with zero attached hydrogens (tertiary/aromatic N) is 5. The highest BCUT2D eigenvalue weighted by Crippen LogP contribution is 2.21. The molecule has 2 aromatic carbocycles. The number of ether oxygens (including phenoxy) is 4. The first kappa shape index (κ1) is 57.8. The molecule has 0 aliphatic carbocycles. The number of rotatable bonds is 33. The molecule has 23 nitrogen and oxygen atoms in total. The van der Waals surface area contributed by atoms with E-state index in [1.165, 1.54) is 0 Å². The van der Waals surface area contributed by atoms with Gasteiger partial charge in [0.2, 0.25) is 0 Å². The molecule has 0 saturated heterocycles. The van der Waals surface area contributed by atoms with E-state index < -0.39 is 35.6 Å². The first-order valence-corrected chi connectivity index (χ1v) is 23.9. The third-order valence-corrected chi connectivity index (χ3v) is 11.1. The number of aliphatic hydroxyl groups excluding tert-OH is 2. The fourth-order valence-corrected chi connectivity index (χ4v) is 6.89. The molecule has 72 heavy (non-hydrogen) atoms. The van der Waals surface area contributed by atoms with E-state index in [0.717, 1.165) is 49.7 Å². The van der Waals surface area contributed by atoms with Gasteiger partial charge >= 0.3 is 0 Å². The monoisotopic (exact) mass is 1040 g/mol. The van der Waals surface area contributed by atoms with Crippen molar-refractivity contribution in [2.45, 2.75) is 82.8 Å². The van der Waals surface area contributed by atoms with Crippen molar-refractivity contribution in [2.75, 3.05) is 75.7 Å². The summed E-state index contributed by atoms with van der Waals surface area (Å²) in [5.74, 6) is -1.93. The number of guanidine groups is 1. The first-order chi connectivity index (χ1) is 34.5. The third-order valence-electron chi connectivity index (χ3n) is 10.5. The number of unbranched alkanes of at least 4 members (excludes halogenated alkanes) is 3. The third kappa shape index (κ3) is 20.5. The molecule has 25 heteroatoms. The number of aliphatic imine (C=N–C) groups is 1. The van der Waals surface area contributed by atoms with Crippen molar-refractivity contribution >= 4 is 81.5 Å². The Hall–Kier alpha value is -6.76. The molecular weight excluding hydrogens is 978 g/mol. The standard InChI is InChI=1S/C47H63Cl2N13O10/c48-39-43(53)60-41(51)35(58-39)34(64)27-30(50)9-3-1-2-7-28-11-15-32(16-12-28)72-26-24-70-22-20-56-46(68)38(66)37(65)33(63)10-6-21-69-23-25-71-31-17-13-29(14-18-31)8-4-5-19-57-47(55)62-45(67)36-42(52)61-44(54)40(49)59-36/h11-18,37-38,50,65-66H,1-10,19-27H2,(H,56,68)(H4,51,53,60)(H4,52,54,61)(H3,55,57,62,67). The number of aromatic nitrogens is 4. The van der Waals surface area contributed by atoms with Crippen LogP contribution in [0.5, 0.6) is 11.5 Å². The second kappa shape index (κ2) is 30.9. The van der Waals surface area contributed by atoms with E-state index in [2.05, 4.69) is 35.6 Å². The van der Waals surface area contributed by atoms with Crippen molar-refractivity contribution in [3.63, 3.8) is 0 Å². The van der Waals surface area contributed by atoms with E-state index in [0.29, 0.717) is 30.9 Å². The van der Waals surface area contributed by atoms with Gasteiger partial charge < -0.3 is 68.6 Å². The number of benzene rings is 2. The van der Waals surface area contributed by atoms with Gasteiger partial charge in [-0.25, -0.2) is 19.9 Å². The second-order valence-corrected chi connectivity index (χ2v) is 16.9. The minimum atomic E-state index is -1.93. The van der Waals surface area contributed by atoms with Gasteiger partial charge in [-0.3, -0.25) is 29.5 Å². The highest BCUT2D eigenvalue weighted by molar-refractivity contribution is 6.32. The van der Waals surface area contributed by atoms with Crippen LogP contribution < -0.4 is 48.8 Å². The zero-order valence-electron chi connectivity index (χ0n) is 39.7. The molecule has 0 fully saturated rings. The molecule has 2 unspecified atom stereocenters. The molecule has 2 heterocycles. The SMILES string of the molecule is N=C(CCCCCc1ccc(OCCOCCNC(=O)C(O)C(O)C(=O)CCCOCCOc2ccc(CCCCN=C(N)NC(=O)c3nc(Cl)c(N)nc3N)cc2)cc1)CC(=O)c1nc(Cl)c(N)nc1N. The van der Waals surface area contributed by atoms with Gasteiger partial charge in [0.1, 0.15) is 30.8 Å². The lowest BCUT2D eigenvalue weighted by Gasteiger charge is -2.16. The molecule has 2 amide bonds. The Morgan fingerprint density at radius 2 is 1.18 bits per heavy atom. The van der Waals surface area contributed by atoms with Gasteiger partial charge in [0.05, 0.1) is 26.2 Å². The van der Waals surface area contributed by atoms with Gasteiger partial charge in [0, 0.05) is 31.8 Å². The molecular formula is C47H63Cl2N13O10. The average molecular weight is 1040 g/mol. The van der Waals surface area contributed by atoms with Crippen molar-refractivity contribution in [1.29, 1.82) is 5.41 Å². The number of carbonyl (C=O) groups is 4. The van der Waals surface area contributed by atoms with Crippen molar-refractivity contribution in [3.8, 4) is 11.5 Å². The number of Topliss-reactive ketones (excluding diaryl/α,β-unsaturated/α-hetero) is 2. The summed E-state index contributed by atoms with van der Waals surface area (Å²) >= 11 is 11.7. The number of nitrogens with one attached hydrogen (secondary N) is 3. The van der Waals surface area contributed by atoms with Crippen LogP contribution in [0.2, 0.25) is 10.3 Å². The van der Waals surface area contributed by atoms with Gasteiger partial charge in [-0.1, -0.05) is 53.9 Å². The summed E-state index contributed by atoms with van der Waals surface area (Å²) in [4.78, 5) is 69.0. The summed E-state index contributed by atoms with van der Waals surface area (Å²) < 4.78 is 22.5. The van der Waals surface area contributed by atoms with Crippen LogP contribution >= 0.6 is 23.2 Å². The Bertz CT molecular complexity index is 2450. The molecule has 15 N–H and O–H groups in total. The Morgan fingerprint density at radius 3 is 1.78 bits per heavy atom. The predicted molar refractivity (Wildman–Crippen MR) is 272 cm³/mol. The van der Waals surface area contributed by atoms with Gasteiger partial charge in [0.15, 0.2) is 68.6 Å². The molecule has 4 aromatic rings. The number of halogens is 2. The smallest absolute Gasteiger partial charge is 0.280 e. The quantitative estimate of drug-likeness (QED) is 0.0142. The molecule has 0 saturated carbocycles. The molecule has 2 aromatic heterocycles. The summed E-state index contributed by atoms with van der Waals surface area (Å²) in [6.45, 7) is 1.78. The number of hydrogen-bond donors (Lipinski definition) is 10. The van der Waals surface area contributed by atoms with Gasteiger partial charge in [-0.2, -0.15) is 0 Å². The average Bonchev–Trinajstić information content (AvgIpc) is 3.35. The number of amides is 2. The molecule has 0 aliphatic heterocycles. The largest absolute Gasteiger partial charge is 0.491 e. The lowest BCUT2D eigenvalue weighted by atomic mass is 10.0. The van der Waals surface area contributed by atoms with Crippen LogP contribution in [0.25, 0.3) is 0 Å². The highest BCUT2D eigenvalue weighted by atomic mass is 35.5. The Balaban J connectivity index is 0.945. The molecule has 4 rings (SSSR count). The van der Waals surface area contributed by atoms with Crippen molar-refractivity contribution < 1.29 is 48.3 Å². The van der Waals surface area contributed by atoms with Crippen LogP contribution in [0.15, 0.2) is 53.5 Å². The van der Waals surface area contributed by atoms with E-state index in [9.17, 15) is 29.4 Å². The van der Waals surface area contributed by atoms with Crippen LogP contribution in [-0.4, -0.2) is 130 Å². The Kier molecular flexibility index (Phi) is 24.8. The van der Waals surface area contributed by atoms with Crippen LogP contribution in [0.1, 0.15) is 89.9 Å². The van der Waals surface area contributed by atoms with E-state index in [-0.39, 0.29) is 122 Å². The number of aryl methyl sites for hydroxylation is 2. The fraction of sp³-hybridized carbons (Fsp3) is 0.447. The number of ketones is 2. The molecule has 0 aliphatic rings. The van der Waals surface area contributed by atoms with Crippen LogP contribution in [-0.2, 0) is 31.9 Å². The Morgan fingerprint density at radius 1 is 0.639 bits per heavy atom. The molecule has 2 atom stereocenters. The lowest BCUT2D eigenvalue weighted by Crippen LogP contribution is -2.46. The maximum Gasteiger partial charge on any atom is 0.280 e. The van der Waals surface area contributed by atoms with E-state index in [1.54, 1.807) is 0 Å². The van der Waals surface area contributed by atoms with E-state index in [4.69, 9.17) is 76.2 Å². The molecule has 0 bridgehead atoms. The lowest BCUT2D eigenvalue weighted by molar-refractivity contribution is -0.145. The van der Waals surface area contributed by atoms with Crippen LogP contribution in [0, 0.1) is 5.41 Å². The van der Waals surface area contributed by atoms with Gasteiger partial charge in [0.25, 0.3) is 11.8 Å². The molecule has 0 spiro atoms. The zero-order chi connectivity index (χ0) is 52.4. The fourth-order valence-electron chi connectivity index (χ4n) is 6.63. The maximum absolute atomic E-state index is 12.5. The van der Waals surface area contributed by atoms with Crippen molar-refractivity contribution in [3.05, 3.63) is 81.4 Å². The van der Waals surface area contributed by atoms with Gasteiger partial charge in [-0.15, -0.1) is 0 Å². The van der Waals surface area contributed by atoms with Crippen LogP contribution in [0.3, 0.4) is 0 Å². The number of carbonyl (C=O) groups excluding carboxylic acids is 4. The number of hydrogen-bond acceptors (Lipinski definition) is 20. The summed E-state index contributed by atoms with van der Waals surface area (Å²) in [6.07, 6.45) is 2.42. The van der Waals surface area contributed by atoms with E-state index >= 15 is 0 Å². The van der Waals surface area contributed by atoms with Crippen LogP contribution in [0.4, 0.5) is 23.3 Å². The topological polar surface area (TPSA) is 388 Å². The zero-order valence-corrected chi connectivity index (χ0v) is 41.3. The van der Waals surface area contributed by atoms with Crippen molar-refractivity contribution in [1.82, 2.24) is 30.6 Å². The number of nitrogens with two attached hydrogens (primary N) is 5. The summed E-state index contributed by atoms with van der Waals surface area (Å²) in [6, 6.07) is 15.3. The summed E-state index contributed by atoms with van der Waals surface area (Å²) in [7, 11) is 0. The predicted octanol–water partition coefficient (Wildman–Crippen LogP) is 3.04. The van der Waals surface area contributed by atoms with Gasteiger partial charge in [-0.05, 0) is 86.8 Å². The maximum atomic E-state index is 12.5. The Labute approximate surface area is 426 Å². The molecule has 0 radical (unpaired) electrons. The number of nitrogen functional groups attached to an aromatic ring is 4. The molecule has 390 valence electrons. The minimum absolute atomic E-state index is 0.0456. The highest BCUT2D eigenvalue weighted by Gasteiger charge is 2.29.